The van der Waals surface area contributed by atoms with Crippen LogP contribution in [-0.2, 0) is 10.1 Å². The summed E-state index contributed by atoms with van der Waals surface area (Å²) in [5.74, 6) is 1.55. The van der Waals surface area contributed by atoms with Crippen LogP contribution < -0.4 is 9.47 Å². The van der Waals surface area contributed by atoms with Crippen LogP contribution in [-0.4, -0.2) is 37.2 Å². The lowest BCUT2D eigenvalue weighted by atomic mass is 10.0. The van der Waals surface area contributed by atoms with E-state index in [1.54, 1.807) is 38.5 Å². The van der Waals surface area contributed by atoms with E-state index >= 15 is 0 Å². The van der Waals surface area contributed by atoms with Crippen LogP contribution in [0.1, 0.15) is 0 Å². The molecular weight excluding hydrogens is 571 g/mol. The number of aromatic amines is 2. The Labute approximate surface area is 241 Å². The summed E-state index contributed by atoms with van der Waals surface area (Å²) in [7, 11) is -1.07. The lowest BCUT2D eigenvalue weighted by Crippen LogP contribution is -1.96. The van der Waals surface area contributed by atoms with Gasteiger partial charge in [-0.05, 0) is 65.7 Å². The Kier molecular flexibility index (Phi) is 7.78. The molecule has 2 heterocycles. The van der Waals surface area contributed by atoms with Crippen LogP contribution in [0.15, 0.2) is 96.2 Å². The van der Waals surface area contributed by atoms with E-state index in [9.17, 15) is 13.0 Å². The Hall–Kier alpha value is -3.95. The van der Waals surface area contributed by atoms with Crippen LogP contribution in [0.5, 0.6) is 11.5 Å². The van der Waals surface area contributed by atoms with Gasteiger partial charge >= 0.3 is 0 Å². The van der Waals surface area contributed by atoms with E-state index in [2.05, 4.69) is 16.0 Å². The van der Waals surface area contributed by atoms with Crippen molar-refractivity contribution in [3.63, 3.8) is 0 Å². The number of hydrogen-bond acceptors (Lipinski definition) is 4. The second kappa shape index (κ2) is 11.3. The predicted octanol–water partition coefficient (Wildman–Crippen LogP) is 8.24. The van der Waals surface area contributed by atoms with Gasteiger partial charge in [0.25, 0.3) is 10.1 Å². The second-order valence-corrected chi connectivity index (χ2v) is 11.1. The first kappa shape index (κ1) is 27.6. The largest absolute Gasteiger partial charge is 0.497 e. The van der Waals surface area contributed by atoms with Crippen LogP contribution >= 0.6 is 23.2 Å². The van der Waals surface area contributed by atoms with Crippen LogP contribution in [0, 0.1) is 0 Å². The Balaban J connectivity index is 0.000000164. The molecule has 0 atom stereocenters. The van der Waals surface area contributed by atoms with Crippen molar-refractivity contribution in [2.45, 2.75) is 4.90 Å². The van der Waals surface area contributed by atoms with E-state index in [-0.39, 0.29) is 4.90 Å². The average molecular weight is 596 g/mol. The average Bonchev–Trinajstić information content (AvgIpc) is 3.59. The topological polar surface area (TPSA) is 104 Å². The van der Waals surface area contributed by atoms with E-state index < -0.39 is 10.1 Å². The van der Waals surface area contributed by atoms with Crippen molar-refractivity contribution in [2.24, 2.45) is 0 Å². The molecule has 2 aromatic heterocycles. The molecule has 0 fully saturated rings. The van der Waals surface area contributed by atoms with Gasteiger partial charge in [-0.15, -0.1) is 0 Å². The Morgan fingerprint density at radius 3 is 1.75 bits per heavy atom. The first-order valence-electron chi connectivity index (χ1n) is 12.0. The van der Waals surface area contributed by atoms with Crippen LogP contribution in [0.25, 0.3) is 44.1 Å². The second-order valence-electron chi connectivity index (χ2n) is 8.86. The van der Waals surface area contributed by atoms with Crippen molar-refractivity contribution in [1.29, 1.82) is 0 Å². The molecule has 40 heavy (non-hydrogen) atoms. The van der Waals surface area contributed by atoms with Crippen LogP contribution in [0.3, 0.4) is 0 Å². The minimum absolute atomic E-state index is 0.172. The molecule has 6 rings (SSSR count). The van der Waals surface area contributed by atoms with Gasteiger partial charge in [-0.3, -0.25) is 4.55 Å². The van der Waals surface area contributed by atoms with E-state index in [0.717, 1.165) is 38.4 Å². The molecule has 0 amide bonds. The highest BCUT2D eigenvalue weighted by atomic mass is 35.5. The molecule has 204 valence electrons. The normalized spacial score (nSPS) is 11.3. The first-order chi connectivity index (χ1) is 19.2. The lowest BCUT2D eigenvalue weighted by Gasteiger charge is -2.07. The molecule has 10 heteroatoms. The summed E-state index contributed by atoms with van der Waals surface area (Å²) >= 11 is 12.6. The molecule has 0 spiro atoms. The molecule has 0 bridgehead atoms. The molecular formula is C30H24Cl2N2O5S. The van der Waals surface area contributed by atoms with Gasteiger partial charge in [0.2, 0.25) is 0 Å². The highest BCUT2D eigenvalue weighted by Crippen LogP contribution is 2.35. The summed E-state index contributed by atoms with van der Waals surface area (Å²) in [6.07, 6.45) is 3.16. The Bertz CT molecular complexity index is 1910. The fourth-order valence-corrected chi connectivity index (χ4v) is 5.59. The van der Waals surface area contributed by atoms with Gasteiger partial charge in [-0.1, -0.05) is 47.5 Å². The molecule has 0 saturated heterocycles. The third-order valence-electron chi connectivity index (χ3n) is 6.45. The number of ether oxygens (including phenoxy) is 2. The van der Waals surface area contributed by atoms with Crippen LogP contribution in [0.4, 0.5) is 0 Å². The highest BCUT2D eigenvalue weighted by Gasteiger charge is 2.18. The zero-order chi connectivity index (χ0) is 28.4. The van der Waals surface area contributed by atoms with Crippen molar-refractivity contribution < 1.29 is 22.4 Å². The predicted molar refractivity (Wildman–Crippen MR) is 160 cm³/mol. The monoisotopic (exact) mass is 594 g/mol. The molecule has 7 nitrogen and oxygen atoms in total. The summed E-state index contributed by atoms with van der Waals surface area (Å²) < 4.78 is 42.4. The van der Waals surface area contributed by atoms with Crippen molar-refractivity contribution in [1.82, 2.24) is 9.97 Å². The molecule has 0 aliphatic carbocycles. The summed E-state index contributed by atoms with van der Waals surface area (Å²) in [4.78, 5) is 5.77. The maximum atomic E-state index is 11.4. The number of H-pyrrole nitrogens is 2. The van der Waals surface area contributed by atoms with Crippen LogP contribution in [0.2, 0.25) is 10.0 Å². The summed E-state index contributed by atoms with van der Waals surface area (Å²) in [6.45, 7) is 0. The van der Waals surface area contributed by atoms with E-state index in [0.29, 0.717) is 27.2 Å². The Morgan fingerprint density at radius 2 is 1.23 bits per heavy atom. The fourth-order valence-electron chi connectivity index (χ4n) is 4.39. The zero-order valence-electron chi connectivity index (χ0n) is 21.4. The number of fused-ring (bicyclic) bond motifs is 2. The SMILES string of the molecule is COc1ccc(-c2cc3c(S(=O)(=O)O)c[nH]c3cc2Cl)cc1.COc1ccc(-c2cc3cc[nH]c3cc2Cl)cc1. The fraction of sp³-hybridized carbons (Fsp3) is 0.0667. The summed E-state index contributed by atoms with van der Waals surface area (Å²) in [5, 5.41) is 2.76. The number of nitrogens with one attached hydrogen (secondary N) is 2. The third-order valence-corrected chi connectivity index (χ3v) is 7.97. The Morgan fingerprint density at radius 1 is 0.700 bits per heavy atom. The molecule has 0 unspecified atom stereocenters. The molecule has 3 N–H and O–H groups in total. The molecule has 6 aromatic rings. The summed E-state index contributed by atoms with van der Waals surface area (Å²) in [6, 6.07) is 24.5. The maximum absolute atomic E-state index is 11.4. The van der Waals surface area contributed by atoms with Crippen molar-refractivity contribution >= 4 is 55.1 Å². The lowest BCUT2D eigenvalue weighted by molar-refractivity contribution is 0.415. The first-order valence-corrected chi connectivity index (χ1v) is 14.2. The number of hydrogen-bond donors (Lipinski definition) is 3. The molecule has 0 aliphatic rings. The smallest absolute Gasteiger partial charge is 0.296 e. The van der Waals surface area contributed by atoms with Gasteiger partial charge in [0, 0.05) is 45.3 Å². The molecule has 0 aliphatic heterocycles. The minimum Gasteiger partial charge on any atom is -0.497 e. The zero-order valence-corrected chi connectivity index (χ0v) is 23.7. The minimum atomic E-state index is -4.30. The standard InChI is InChI=1S/C15H12ClNO4S.C15H12ClNO/c1-21-10-4-2-9(3-5-10)11-6-12-14(7-13(11)16)17-8-15(12)22(18,19)20;1-18-12-4-2-10(3-5-12)13-8-11-6-7-17-15(11)9-14(13)16/h2-8,17H,1H3,(H,18,19,20);2-9,17H,1H3. The number of rotatable bonds is 5. The van der Waals surface area contributed by atoms with Crippen molar-refractivity contribution in [3.8, 4) is 33.8 Å². The molecule has 0 radical (unpaired) electrons. The number of halogens is 2. The van der Waals surface area contributed by atoms with Crippen molar-refractivity contribution in [2.75, 3.05) is 14.2 Å². The van der Waals surface area contributed by atoms with E-state index in [1.807, 2.05) is 54.7 Å². The van der Waals surface area contributed by atoms with Gasteiger partial charge in [-0.25, -0.2) is 0 Å². The quantitative estimate of drug-likeness (QED) is 0.174. The number of methoxy groups -OCH3 is 2. The van der Waals surface area contributed by atoms with Crippen molar-refractivity contribution in [3.05, 3.63) is 101 Å². The maximum Gasteiger partial charge on any atom is 0.296 e. The van der Waals surface area contributed by atoms with Gasteiger partial charge in [0.15, 0.2) is 0 Å². The van der Waals surface area contributed by atoms with Gasteiger partial charge in [-0.2, -0.15) is 8.42 Å². The van der Waals surface area contributed by atoms with Gasteiger partial charge < -0.3 is 19.4 Å². The molecule has 4 aromatic carbocycles. The molecule has 0 saturated carbocycles. The van der Waals surface area contributed by atoms with Gasteiger partial charge in [0.1, 0.15) is 16.4 Å². The number of benzene rings is 4. The third kappa shape index (κ3) is 5.66. The van der Waals surface area contributed by atoms with E-state index in [4.69, 9.17) is 32.7 Å². The summed E-state index contributed by atoms with van der Waals surface area (Å²) in [5.41, 5.74) is 5.19. The number of aromatic nitrogens is 2. The van der Waals surface area contributed by atoms with Gasteiger partial charge in [0.05, 0.1) is 24.3 Å². The van der Waals surface area contributed by atoms with E-state index in [1.165, 1.54) is 6.20 Å². The highest BCUT2D eigenvalue weighted by molar-refractivity contribution is 7.86.